The van der Waals surface area contributed by atoms with Gasteiger partial charge in [0.2, 0.25) is 0 Å². The smallest absolute Gasteiger partial charge is 0.361 e. The van der Waals surface area contributed by atoms with Crippen molar-refractivity contribution in [1.29, 1.82) is 0 Å². The topological polar surface area (TPSA) is 52.6 Å². The van der Waals surface area contributed by atoms with E-state index in [0.29, 0.717) is 26.3 Å². The van der Waals surface area contributed by atoms with E-state index in [2.05, 4.69) is 88.4 Å². The Labute approximate surface area is 378 Å². The summed E-state index contributed by atoms with van der Waals surface area (Å²) < 4.78 is 13.1. The highest BCUT2D eigenvalue weighted by Gasteiger charge is 2.33. The fourth-order valence-corrected chi connectivity index (χ4v) is 9.07. The number of carbonyl (C=O) groups is 2. The van der Waals surface area contributed by atoms with Crippen molar-refractivity contribution in [1.82, 2.24) is 0 Å². The molecular weight excluding hydrogens is 787 g/mol. The van der Waals surface area contributed by atoms with E-state index in [9.17, 15) is 9.59 Å². The first-order valence-corrected chi connectivity index (χ1v) is 23.7. The number of nitrogens with zero attached hydrogens (tertiary/aromatic N) is 2. The molecule has 0 spiro atoms. The minimum atomic E-state index is -0.0203. The lowest BCUT2D eigenvalue weighted by atomic mass is 9.98. The molecule has 2 aromatic rings. The van der Waals surface area contributed by atoms with Crippen molar-refractivity contribution in [2.45, 2.75) is 156 Å². The van der Waals surface area contributed by atoms with Crippen LogP contribution in [-0.2, 0) is 31.9 Å². The second-order valence-corrected chi connectivity index (χ2v) is 18.2. The van der Waals surface area contributed by atoms with Gasteiger partial charge in [0.05, 0.1) is 52.5 Å². The number of esters is 2. The molecule has 0 radical (unpaired) electrons. The van der Waals surface area contributed by atoms with Gasteiger partial charge in [-0.2, -0.15) is 0 Å². The molecular formula is C52H82Cl2N2O4. The number of piperidine rings is 2. The highest BCUT2D eigenvalue weighted by molar-refractivity contribution is 5.71. The van der Waals surface area contributed by atoms with Crippen LogP contribution in [-0.4, -0.2) is 86.5 Å². The monoisotopic (exact) mass is 869 g/mol. The molecule has 6 nitrogen and oxygen atoms in total. The van der Waals surface area contributed by atoms with Gasteiger partial charge < -0.3 is 43.3 Å². The predicted octanol–water partition coefficient (Wildman–Crippen LogP) is 6.15. The van der Waals surface area contributed by atoms with Gasteiger partial charge in [0, 0.05) is 0 Å². The van der Waals surface area contributed by atoms with E-state index in [4.69, 9.17) is 9.47 Å². The molecule has 0 aromatic heterocycles. The summed E-state index contributed by atoms with van der Waals surface area (Å²) in [6.45, 7) is 17.2. The first kappa shape index (κ1) is 53.5. The van der Waals surface area contributed by atoms with Crippen LogP contribution in [0.5, 0.6) is 0 Å². The molecule has 0 atom stereocenters. The van der Waals surface area contributed by atoms with Crippen LogP contribution in [0.4, 0.5) is 0 Å². The zero-order chi connectivity index (χ0) is 41.3. The van der Waals surface area contributed by atoms with Gasteiger partial charge in [0.25, 0.3) is 0 Å². The van der Waals surface area contributed by atoms with Crippen molar-refractivity contribution in [2.75, 3.05) is 65.6 Å². The maximum absolute atomic E-state index is 12.9. The summed E-state index contributed by atoms with van der Waals surface area (Å²) >= 11 is 0. The Morgan fingerprint density at radius 1 is 0.500 bits per heavy atom. The van der Waals surface area contributed by atoms with Crippen LogP contribution in [0.2, 0.25) is 0 Å². The van der Waals surface area contributed by atoms with Crippen LogP contribution in [0.1, 0.15) is 154 Å². The van der Waals surface area contributed by atoms with Crippen LogP contribution >= 0.6 is 0 Å². The number of hydrogen-bond donors (Lipinski definition) is 0. The Kier molecular flexibility index (Phi) is 27.1. The van der Waals surface area contributed by atoms with Crippen molar-refractivity contribution in [3.05, 3.63) is 83.0 Å². The van der Waals surface area contributed by atoms with Crippen LogP contribution in [0.25, 0.3) is 11.1 Å². The van der Waals surface area contributed by atoms with E-state index < -0.39 is 0 Å². The van der Waals surface area contributed by atoms with E-state index in [1.165, 1.54) is 123 Å². The number of rotatable bonds is 27. The van der Waals surface area contributed by atoms with Gasteiger partial charge in [-0.05, 0) is 112 Å². The quantitative estimate of drug-likeness (QED) is 0.0469. The van der Waals surface area contributed by atoms with E-state index in [-0.39, 0.29) is 36.8 Å². The Hall–Kier alpha value is -2.64. The molecule has 2 aromatic carbocycles. The van der Waals surface area contributed by atoms with Crippen LogP contribution < -0.4 is 24.8 Å². The average molecular weight is 870 g/mol. The number of carbonyl (C=O) groups excluding carboxylic acids is 2. The van der Waals surface area contributed by atoms with Crippen molar-refractivity contribution in [3.8, 4) is 11.1 Å². The highest BCUT2D eigenvalue weighted by atomic mass is 35.5. The van der Waals surface area contributed by atoms with Crippen LogP contribution in [0.15, 0.2) is 71.8 Å². The molecule has 2 aliphatic rings. The van der Waals surface area contributed by atoms with E-state index in [1.54, 1.807) is 0 Å². The van der Waals surface area contributed by atoms with Crippen molar-refractivity contribution in [3.63, 3.8) is 0 Å². The zero-order valence-corrected chi connectivity index (χ0v) is 39.8. The third-order valence-electron chi connectivity index (χ3n) is 12.8. The third-order valence-corrected chi connectivity index (χ3v) is 12.8. The van der Waals surface area contributed by atoms with Crippen LogP contribution in [0, 0.1) is 0 Å². The molecule has 0 amide bonds. The normalized spacial score (nSPS) is 16.3. The SMILES string of the molecule is CCCCCCCCOC(=O)C[N+]1(C/C=C(/C)Cc2ccc(-c3ccc(C/C(C)=C\C[N+]4(CC(=O)OCCCCCCCC)CCCCC4)cc3)cc2)CCCCC1.[Cl-].[Cl-]. The fourth-order valence-electron chi connectivity index (χ4n) is 9.07. The fraction of sp³-hybridized carbons (Fsp3) is 0.654. The van der Waals surface area contributed by atoms with Gasteiger partial charge in [-0.1, -0.05) is 138 Å². The summed E-state index contributed by atoms with van der Waals surface area (Å²) in [6, 6.07) is 18.1. The first-order chi connectivity index (χ1) is 28.2. The largest absolute Gasteiger partial charge is 1.00 e. The molecule has 60 heavy (non-hydrogen) atoms. The molecule has 2 fully saturated rings. The first-order valence-electron chi connectivity index (χ1n) is 23.7. The number of unbranched alkanes of at least 4 members (excludes halogenated alkanes) is 10. The summed E-state index contributed by atoms with van der Waals surface area (Å²) in [6.07, 6.45) is 28.4. The van der Waals surface area contributed by atoms with Gasteiger partial charge in [-0.3, -0.25) is 0 Å². The van der Waals surface area contributed by atoms with Gasteiger partial charge in [-0.25, -0.2) is 9.59 Å². The minimum absolute atomic E-state index is 0. The second kappa shape index (κ2) is 30.4. The maximum atomic E-state index is 12.9. The predicted molar refractivity (Wildman–Crippen MR) is 243 cm³/mol. The zero-order valence-electron chi connectivity index (χ0n) is 38.3. The number of halogens is 2. The van der Waals surface area contributed by atoms with Crippen LogP contribution in [0.3, 0.4) is 0 Å². The number of hydrogen-bond acceptors (Lipinski definition) is 4. The van der Waals surface area contributed by atoms with E-state index in [1.807, 2.05) is 0 Å². The molecule has 0 saturated carbocycles. The number of ether oxygens (including phenoxy) is 2. The van der Waals surface area contributed by atoms with Crippen molar-refractivity contribution >= 4 is 11.9 Å². The molecule has 4 rings (SSSR count). The summed E-state index contributed by atoms with van der Waals surface area (Å²) in [5.41, 5.74) is 7.83. The molecule has 0 bridgehead atoms. The molecule has 2 aliphatic heterocycles. The lowest BCUT2D eigenvalue weighted by Gasteiger charge is -2.40. The van der Waals surface area contributed by atoms with Crippen molar-refractivity contribution < 1.29 is 52.8 Å². The van der Waals surface area contributed by atoms with Gasteiger partial charge in [-0.15, -0.1) is 0 Å². The number of quaternary nitrogens is 2. The summed E-state index contributed by atoms with van der Waals surface area (Å²) in [7, 11) is 0. The Morgan fingerprint density at radius 3 is 1.18 bits per heavy atom. The Balaban J connectivity index is 0.00000620. The van der Waals surface area contributed by atoms with Gasteiger partial charge in [0.1, 0.15) is 0 Å². The number of benzene rings is 2. The third kappa shape index (κ3) is 20.5. The molecule has 2 saturated heterocycles. The molecule has 0 N–H and O–H groups in total. The van der Waals surface area contributed by atoms with Gasteiger partial charge >= 0.3 is 11.9 Å². The van der Waals surface area contributed by atoms with E-state index in [0.717, 1.165) is 86.8 Å². The standard InChI is InChI=1S/C52H82N2O4.2ClH/c1-5-7-9-11-13-21-39-57-51(55)43-53(33-17-15-18-34-53)37-31-45(3)41-47-23-27-49(28-24-47)50-29-25-48(26-30-50)42-46(4)32-38-54(35-19-16-20-36-54)44-52(56)58-40-22-14-12-10-8-6-2;;/h23-32H,5-22,33-44H2,1-4H3;2*1H/q+2;;/p-2/b45-31-,46-32-;;. The number of likely N-dealkylation sites (tertiary alicyclic amines) is 2. The highest BCUT2D eigenvalue weighted by Crippen LogP contribution is 2.25. The van der Waals surface area contributed by atoms with E-state index >= 15 is 0 Å². The lowest BCUT2D eigenvalue weighted by Crippen LogP contribution is -3.00. The molecule has 0 unspecified atom stereocenters. The molecule has 0 aliphatic carbocycles. The average Bonchev–Trinajstić information content (AvgIpc) is 3.23. The minimum Gasteiger partial charge on any atom is -1.00 e. The Bertz CT molecular complexity index is 1410. The molecule has 338 valence electrons. The van der Waals surface area contributed by atoms with Gasteiger partial charge in [0.15, 0.2) is 13.1 Å². The molecule has 2 heterocycles. The summed E-state index contributed by atoms with van der Waals surface area (Å²) in [5, 5.41) is 0. The second-order valence-electron chi connectivity index (χ2n) is 18.2. The Morgan fingerprint density at radius 2 is 0.833 bits per heavy atom. The maximum Gasteiger partial charge on any atom is 0.361 e. The lowest BCUT2D eigenvalue weighted by molar-refractivity contribution is -0.920. The number of allylic oxidation sites excluding steroid dienone is 2. The summed E-state index contributed by atoms with van der Waals surface area (Å²) in [5.74, 6) is -0.0406. The molecule has 8 heteroatoms. The summed E-state index contributed by atoms with van der Waals surface area (Å²) in [4.78, 5) is 25.8. The van der Waals surface area contributed by atoms with Crippen molar-refractivity contribution in [2.24, 2.45) is 0 Å².